The Morgan fingerprint density at radius 3 is 2.44 bits per heavy atom. The van der Waals surface area contributed by atoms with E-state index in [-0.39, 0.29) is 23.9 Å². The van der Waals surface area contributed by atoms with Gasteiger partial charge in [0.2, 0.25) is 5.91 Å². The molecule has 2 N–H and O–H groups in total. The Hall–Kier alpha value is -3.13. The van der Waals surface area contributed by atoms with E-state index in [9.17, 15) is 20.0 Å². The zero-order valence-corrected chi connectivity index (χ0v) is 15.1. The smallest absolute Gasteiger partial charge is 0.274 e. The highest BCUT2D eigenvalue weighted by Gasteiger charge is 2.20. The van der Waals surface area contributed by atoms with Crippen LogP contribution in [-0.4, -0.2) is 53.6 Å². The molecule has 0 unspecified atom stereocenters. The van der Waals surface area contributed by atoms with Crippen LogP contribution in [0.4, 0.5) is 17.1 Å². The first-order valence-corrected chi connectivity index (χ1v) is 8.73. The molecule has 0 radical (unpaired) electrons. The monoisotopic (exact) mass is 370 g/mol. The van der Waals surface area contributed by atoms with Crippen molar-refractivity contribution in [2.45, 2.75) is 6.92 Å². The number of phenols is 1. The molecule has 27 heavy (non-hydrogen) atoms. The summed E-state index contributed by atoms with van der Waals surface area (Å²) in [7, 11) is 0. The largest absolute Gasteiger partial charge is 0.508 e. The molecule has 0 saturated carbocycles. The molecule has 0 spiro atoms. The number of nitro groups is 1. The maximum Gasteiger partial charge on any atom is 0.274 e. The summed E-state index contributed by atoms with van der Waals surface area (Å²) >= 11 is 0. The molecule has 0 atom stereocenters. The number of carbonyl (C=O) groups is 1. The molecule has 0 aliphatic carbocycles. The Morgan fingerprint density at radius 1 is 1.15 bits per heavy atom. The van der Waals surface area contributed by atoms with Crippen molar-refractivity contribution in [2.24, 2.45) is 0 Å². The number of piperazine rings is 1. The van der Waals surface area contributed by atoms with Gasteiger partial charge in [-0.3, -0.25) is 19.8 Å². The van der Waals surface area contributed by atoms with Crippen LogP contribution < -0.4 is 10.2 Å². The van der Waals surface area contributed by atoms with E-state index in [1.165, 1.54) is 6.07 Å². The molecule has 0 bridgehead atoms. The van der Waals surface area contributed by atoms with E-state index in [1.807, 2.05) is 12.1 Å². The molecule has 0 aromatic heterocycles. The number of aryl methyl sites for hydroxylation is 1. The van der Waals surface area contributed by atoms with Crippen molar-refractivity contribution < 1.29 is 14.8 Å². The first kappa shape index (κ1) is 18.7. The normalized spacial score (nSPS) is 14.8. The number of aromatic hydroxyl groups is 1. The average Bonchev–Trinajstić information content (AvgIpc) is 2.64. The second-order valence-corrected chi connectivity index (χ2v) is 6.59. The van der Waals surface area contributed by atoms with Gasteiger partial charge in [-0.15, -0.1) is 0 Å². The van der Waals surface area contributed by atoms with E-state index < -0.39 is 4.92 Å². The molecule has 142 valence electrons. The minimum absolute atomic E-state index is 0.00434. The molecule has 1 aliphatic rings. The number of nitrogens with zero attached hydrogens (tertiary/aromatic N) is 3. The molecule has 1 heterocycles. The van der Waals surface area contributed by atoms with Crippen LogP contribution in [0.2, 0.25) is 0 Å². The molecule has 3 rings (SSSR count). The van der Waals surface area contributed by atoms with Crippen LogP contribution in [0, 0.1) is 17.0 Å². The van der Waals surface area contributed by atoms with E-state index in [1.54, 1.807) is 31.2 Å². The van der Waals surface area contributed by atoms with Crippen LogP contribution >= 0.6 is 0 Å². The van der Waals surface area contributed by atoms with Crippen LogP contribution in [0.1, 0.15) is 5.56 Å². The highest BCUT2D eigenvalue weighted by molar-refractivity contribution is 5.92. The van der Waals surface area contributed by atoms with E-state index in [0.717, 1.165) is 31.9 Å². The zero-order chi connectivity index (χ0) is 19.4. The number of benzene rings is 2. The predicted molar refractivity (Wildman–Crippen MR) is 103 cm³/mol. The Labute approximate surface area is 157 Å². The Bertz CT molecular complexity index is 830. The summed E-state index contributed by atoms with van der Waals surface area (Å²) in [5, 5.41) is 23.1. The first-order chi connectivity index (χ1) is 12.9. The SMILES string of the molecule is Cc1ccc(NC(=O)CN2CCN(c3ccc(O)cc3)CC2)cc1[N+](=O)[O-]. The maximum absolute atomic E-state index is 12.3. The van der Waals surface area contributed by atoms with Gasteiger partial charge in [-0.05, 0) is 37.3 Å². The minimum Gasteiger partial charge on any atom is -0.508 e. The molecular weight excluding hydrogens is 348 g/mol. The summed E-state index contributed by atoms with van der Waals surface area (Å²) in [6.07, 6.45) is 0. The maximum atomic E-state index is 12.3. The van der Waals surface area contributed by atoms with Gasteiger partial charge in [0.1, 0.15) is 5.75 Å². The van der Waals surface area contributed by atoms with Gasteiger partial charge in [0.05, 0.1) is 11.5 Å². The lowest BCUT2D eigenvalue weighted by Crippen LogP contribution is -2.48. The number of anilines is 2. The van der Waals surface area contributed by atoms with Crippen molar-refractivity contribution in [1.82, 2.24) is 4.90 Å². The standard InChI is InChI=1S/C19H22N4O4/c1-14-2-3-15(12-18(14)23(26)27)20-19(25)13-21-8-10-22(11-9-21)16-4-6-17(24)7-5-16/h2-7,12,24H,8-11,13H2,1H3,(H,20,25). The summed E-state index contributed by atoms with van der Waals surface area (Å²) in [6, 6.07) is 11.8. The van der Waals surface area contributed by atoms with Crippen molar-refractivity contribution >= 4 is 23.0 Å². The molecule has 2 aromatic rings. The van der Waals surface area contributed by atoms with Crippen molar-refractivity contribution in [3.8, 4) is 5.75 Å². The third kappa shape index (κ3) is 4.73. The minimum atomic E-state index is -0.451. The number of amides is 1. The van der Waals surface area contributed by atoms with Gasteiger partial charge < -0.3 is 15.3 Å². The molecule has 1 amide bonds. The summed E-state index contributed by atoms with van der Waals surface area (Å²) < 4.78 is 0. The number of nitrogens with one attached hydrogen (secondary N) is 1. The molecule has 8 nitrogen and oxygen atoms in total. The molecule has 8 heteroatoms. The van der Waals surface area contributed by atoms with Crippen molar-refractivity contribution in [3.05, 3.63) is 58.1 Å². The summed E-state index contributed by atoms with van der Waals surface area (Å²) in [4.78, 5) is 27.1. The third-order valence-corrected chi connectivity index (χ3v) is 4.64. The topological polar surface area (TPSA) is 99.0 Å². The van der Waals surface area contributed by atoms with Crippen LogP contribution in [0.5, 0.6) is 5.75 Å². The highest BCUT2D eigenvalue weighted by Crippen LogP contribution is 2.22. The zero-order valence-electron chi connectivity index (χ0n) is 15.1. The number of carbonyl (C=O) groups excluding carboxylic acids is 1. The lowest BCUT2D eigenvalue weighted by atomic mass is 10.2. The van der Waals surface area contributed by atoms with Crippen molar-refractivity contribution in [3.63, 3.8) is 0 Å². The average molecular weight is 370 g/mol. The highest BCUT2D eigenvalue weighted by atomic mass is 16.6. The summed E-state index contributed by atoms with van der Waals surface area (Å²) in [5.74, 6) is 0.0524. The Balaban J connectivity index is 1.52. The second kappa shape index (κ2) is 8.05. The van der Waals surface area contributed by atoms with Gasteiger partial charge in [-0.2, -0.15) is 0 Å². The molecule has 1 saturated heterocycles. The van der Waals surface area contributed by atoms with Crippen LogP contribution in [0.15, 0.2) is 42.5 Å². The molecule has 1 fully saturated rings. The van der Waals surface area contributed by atoms with Gasteiger partial charge in [0.25, 0.3) is 5.69 Å². The Morgan fingerprint density at radius 2 is 1.81 bits per heavy atom. The van der Waals surface area contributed by atoms with E-state index in [4.69, 9.17) is 0 Å². The lowest BCUT2D eigenvalue weighted by Gasteiger charge is -2.35. The van der Waals surface area contributed by atoms with Crippen molar-refractivity contribution in [2.75, 3.05) is 42.9 Å². The third-order valence-electron chi connectivity index (χ3n) is 4.64. The van der Waals surface area contributed by atoms with Gasteiger partial charge in [0, 0.05) is 49.2 Å². The van der Waals surface area contributed by atoms with E-state index in [2.05, 4.69) is 15.1 Å². The first-order valence-electron chi connectivity index (χ1n) is 8.73. The fourth-order valence-corrected chi connectivity index (χ4v) is 3.12. The second-order valence-electron chi connectivity index (χ2n) is 6.59. The van der Waals surface area contributed by atoms with Gasteiger partial charge in [-0.25, -0.2) is 0 Å². The lowest BCUT2D eigenvalue weighted by molar-refractivity contribution is -0.385. The van der Waals surface area contributed by atoms with Gasteiger partial charge in [0.15, 0.2) is 0 Å². The predicted octanol–water partition coefficient (Wildman–Crippen LogP) is 2.37. The number of rotatable bonds is 5. The quantitative estimate of drug-likeness (QED) is 0.619. The van der Waals surface area contributed by atoms with Crippen LogP contribution in [-0.2, 0) is 4.79 Å². The molecule has 1 aliphatic heterocycles. The summed E-state index contributed by atoms with van der Waals surface area (Å²) in [6.45, 7) is 4.95. The van der Waals surface area contributed by atoms with E-state index in [0.29, 0.717) is 11.3 Å². The number of nitro benzene ring substituents is 1. The molecule has 2 aromatic carbocycles. The number of hydrogen-bond donors (Lipinski definition) is 2. The number of phenolic OH excluding ortho intramolecular Hbond substituents is 1. The molecular formula is C19H22N4O4. The Kier molecular flexibility index (Phi) is 5.56. The van der Waals surface area contributed by atoms with E-state index >= 15 is 0 Å². The van der Waals surface area contributed by atoms with Crippen LogP contribution in [0.25, 0.3) is 0 Å². The summed E-state index contributed by atoms with van der Waals surface area (Å²) in [5.41, 5.74) is 2.03. The fraction of sp³-hybridized carbons (Fsp3) is 0.316. The van der Waals surface area contributed by atoms with Gasteiger partial charge in [-0.1, -0.05) is 6.07 Å². The van der Waals surface area contributed by atoms with Gasteiger partial charge >= 0.3 is 0 Å². The number of hydrogen-bond acceptors (Lipinski definition) is 6. The van der Waals surface area contributed by atoms with Crippen molar-refractivity contribution in [1.29, 1.82) is 0 Å². The fourth-order valence-electron chi connectivity index (χ4n) is 3.12. The van der Waals surface area contributed by atoms with Crippen LogP contribution in [0.3, 0.4) is 0 Å².